The van der Waals surface area contributed by atoms with E-state index in [1.165, 1.54) is 5.56 Å². The van der Waals surface area contributed by atoms with Crippen molar-refractivity contribution in [3.05, 3.63) is 42.0 Å². The third-order valence-electron chi connectivity index (χ3n) is 3.12. The van der Waals surface area contributed by atoms with Gasteiger partial charge in [0.05, 0.1) is 0 Å². The number of halogens is 1. The van der Waals surface area contributed by atoms with Crippen LogP contribution in [0.15, 0.2) is 36.4 Å². The summed E-state index contributed by atoms with van der Waals surface area (Å²) in [7, 11) is 0. The maximum atomic E-state index is 5.56. The highest BCUT2D eigenvalue weighted by atomic mass is 35.5. The first-order valence-corrected chi connectivity index (χ1v) is 6.58. The molecule has 0 amide bonds. The van der Waals surface area contributed by atoms with E-state index in [0.29, 0.717) is 12.5 Å². The number of hydrogen-bond donors (Lipinski definition) is 0. The molecule has 2 heteroatoms. The Hall–Kier alpha value is -0.950. The second-order valence-electron chi connectivity index (χ2n) is 4.70. The summed E-state index contributed by atoms with van der Waals surface area (Å²) >= 11 is 5.53. The Balaban J connectivity index is 2.59. The van der Waals surface area contributed by atoms with Crippen LogP contribution in [0.1, 0.15) is 32.8 Å². The van der Waals surface area contributed by atoms with Gasteiger partial charge in [-0.3, -0.25) is 0 Å². The summed E-state index contributed by atoms with van der Waals surface area (Å²) in [4.78, 5) is 0. The molecule has 0 spiro atoms. The molecule has 0 aliphatic rings. The molecule has 0 saturated carbocycles. The Kier molecular flexibility index (Phi) is 5.57. The largest absolute Gasteiger partial charge is 0.490 e. The van der Waals surface area contributed by atoms with E-state index in [-0.39, 0.29) is 5.41 Å². The Labute approximate surface area is 109 Å². The maximum Gasteiger partial charge on any atom is 0.119 e. The van der Waals surface area contributed by atoms with Crippen LogP contribution < -0.4 is 4.74 Å². The van der Waals surface area contributed by atoms with Crippen molar-refractivity contribution >= 4 is 11.6 Å². The molecule has 1 nitrogen and oxygen atoms in total. The van der Waals surface area contributed by atoms with Crippen LogP contribution in [-0.4, -0.2) is 12.5 Å². The molecule has 0 atom stereocenters. The van der Waals surface area contributed by atoms with Gasteiger partial charge in [0.15, 0.2) is 0 Å². The number of ether oxygens (including phenoxy) is 1. The average Bonchev–Trinajstić information content (AvgIpc) is 2.35. The van der Waals surface area contributed by atoms with Crippen LogP contribution in [0.5, 0.6) is 5.75 Å². The molecule has 1 aromatic carbocycles. The number of rotatable bonds is 6. The van der Waals surface area contributed by atoms with Gasteiger partial charge >= 0.3 is 0 Å². The monoisotopic (exact) mass is 252 g/mol. The molecule has 94 valence electrons. The normalized spacial score (nSPS) is 12.0. The van der Waals surface area contributed by atoms with Crippen LogP contribution >= 0.6 is 11.6 Å². The Morgan fingerprint density at radius 1 is 1.18 bits per heavy atom. The summed E-state index contributed by atoms with van der Waals surface area (Å²) in [5.74, 6) is 1.44. The molecular weight excluding hydrogens is 232 g/mol. The molecular formula is C15H21ClO. The lowest BCUT2D eigenvalue weighted by Gasteiger charge is -2.23. The van der Waals surface area contributed by atoms with Crippen molar-refractivity contribution in [3.8, 4) is 5.75 Å². The molecule has 0 aliphatic heterocycles. The first kappa shape index (κ1) is 14.1. The number of allylic oxidation sites excluding steroid dienone is 1. The fourth-order valence-electron chi connectivity index (χ4n) is 1.48. The molecule has 0 radical (unpaired) electrons. The average molecular weight is 253 g/mol. The molecule has 0 N–H and O–H groups in total. The molecule has 0 bridgehead atoms. The quantitative estimate of drug-likeness (QED) is 0.533. The number of hydrogen-bond acceptors (Lipinski definition) is 1. The summed E-state index contributed by atoms with van der Waals surface area (Å²) in [6, 6.07) is 8.34. The van der Waals surface area contributed by atoms with Crippen molar-refractivity contribution in [3.63, 3.8) is 0 Å². The highest BCUT2D eigenvalue weighted by molar-refractivity contribution is 6.18. The second kappa shape index (κ2) is 6.70. The summed E-state index contributed by atoms with van der Waals surface area (Å²) in [6.45, 7) is 7.29. The molecule has 1 aromatic rings. The molecule has 0 unspecified atom stereocenters. The lowest BCUT2D eigenvalue weighted by atomic mass is 9.82. The van der Waals surface area contributed by atoms with Crippen LogP contribution in [0, 0.1) is 0 Å². The van der Waals surface area contributed by atoms with Gasteiger partial charge in [-0.05, 0) is 29.5 Å². The maximum absolute atomic E-state index is 5.56. The van der Waals surface area contributed by atoms with E-state index in [0.717, 1.165) is 12.2 Å². The Bertz CT molecular complexity index is 352. The van der Waals surface area contributed by atoms with Gasteiger partial charge in [-0.15, -0.1) is 11.6 Å². The zero-order valence-electron chi connectivity index (χ0n) is 10.9. The summed E-state index contributed by atoms with van der Waals surface area (Å²) in [6.07, 6.45) is 4.94. The van der Waals surface area contributed by atoms with Gasteiger partial charge in [0.1, 0.15) is 12.4 Å². The van der Waals surface area contributed by atoms with E-state index in [1.807, 2.05) is 24.3 Å². The standard InChI is InChI=1S/C15H21ClO/c1-4-15(2,3)13-7-9-14(10-8-13)17-12-6-5-11-16/h5-10H,4,11-12H2,1-3H3. The summed E-state index contributed by atoms with van der Waals surface area (Å²) in [5, 5.41) is 0. The van der Waals surface area contributed by atoms with E-state index >= 15 is 0 Å². The predicted octanol–water partition coefficient (Wildman–Crippen LogP) is 4.55. The number of alkyl halides is 1. The predicted molar refractivity (Wildman–Crippen MR) is 75.1 cm³/mol. The van der Waals surface area contributed by atoms with Gasteiger partial charge in [0.25, 0.3) is 0 Å². The van der Waals surface area contributed by atoms with E-state index in [1.54, 1.807) is 0 Å². The van der Waals surface area contributed by atoms with E-state index in [4.69, 9.17) is 16.3 Å². The van der Waals surface area contributed by atoms with Crippen LogP contribution in [0.25, 0.3) is 0 Å². The van der Waals surface area contributed by atoms with Crippen LogP contribution in [-0.2, 0) is 5.41 Å². The van der Waals surface area contributed by atoms with Gasteiger partial charge in [0.2, 0.25) is 0 Å². The fourth-order valence-corrected chi connectivity index (χ4v) is 1.61. The Morgan fingerprint density at radius 3 is 2.35 bits per heavy atom. The van der Waals surface area contributed by atoms with Crippen LogP contribution in [0.2, 0.25) is 0 Å². The SMILES string of the molecule is CCC(C)(C)c1ccc(OCC=CCCl)cc1. The van der Waals surface area contributed by atoms with Gasteiger partial charge in [0, 0.05) is 5.88 Å². The lowest BCUT2D eigenvalue weighted by molar-refractivity contribution is 0.362. The molecule has 17 heavy (non-hydrogen) atoms. The van der Waals surface area contributed by atoms with Crippen LogP contribution in [0.3, 0.4) is 0 Å². The molecule has 0 saturated heterocycles. The van der Waals surface area contributed by atoms with Gasteiger partial charge in [-0.25, -0.2) is 0 Å². The summed E-state index contributed by atoms with van der Waals surface area (Å²) < 4.78 is 5.56. The highest BCUT2D eigenvalue weighted by Crippen LogP contribution is 2.27. The summed E-state index contributed by atoms with van der Waals surface area (Å²) in [5.41, 5.74) is 1.58. The second-order valence-corrected chi connectivity index (χ2v) is 5.01. The third kappa shape index (κ3) is 4.43. The molecule has 0 aromatic heterocycles. The van der Waals surface area contributed by atoms with Crippen molar-refractivity contribution < 1.29 is 4.74 Å². The third-order valence-corrected chi connectivity index (χ3v) is 3.30. The molecule has 0 aliphatic carbocycles. The first-order chi connectivity index (χ1) is 8.10. The van der Waals surface area contributed by atoms with E-state index in [9.17, 15) is 0 Å². The van der Waals surface area contributed by atoms with Crippen molar-refractivity contribution in [2.24, 2.45) is 0 Å². The van der Waals surface area contributed by atoms with Gasteiger partial charge < -0.3 is 4.74 Å². The zero-order chi connectivity index (χ0) is 12.7. The van der Waals surface area contributed by atoms with Crippen molar-refractivity contribution in [1.29, 1.82) is 0 Å². The topological polar surface area (TPSA) is 9.23 Å². The highest BCUT2D eigenvalue weighted by Gasteiger charge is 2.17. The lowest BCUT2D eigenvalue weighted by Crippen LogP contribution is -2.15. The molecule has 1 rings (SSSR count). The minimum atomic E-state index is 0.233. The van der Waals surface area contributed by atoms with Crippen molar-refractivity contribution in [1.82, 2.24) is 0 Å². The molecule has 0 heterocycles. The zero-order valence-corrected chi connectivity index (χ0v) is 11.6. The van der Waals surface area contributed by atoms with E-state index in [2.05, 4.69) is 32.9 Å². The number of benzene rings is 1. The first-order valence-electron chi connectivity index (χ1n) is 6.04. The van der Waals surface area contributed by atoms with E-state index < -0.39 is 0 Å². The minimum absolute atomic E-state index is 0.233. The minimum Gasteiger partial charge on any atom is -0.490 e. The van der Waals surface area contributed by atoms with Gasteiger partial charge in [-0.1, -0.05) is 45.1 Å². The fraction of sp³-hybridized carbons (Fsp3) is 0.467. The smallest absolute Gasteiger partial charge is 0.119 e. The Morgan fingerprint density at radius 2 is 1.82 bits per heavy atom. The molecule has 0 fully saturated rings. The van der Waals surface area contributed by atoms with Crippen molar-refractivity contribution in [2.75, 3.05) is 12.5 Å². The van der Waals surface area contributed by atoms with Gasteiger partial charge in [-0.2, -0.15) is 0 Å². The van der Waals surface area contributed by atoms with Crippen LogP contribution in [0.4, 0.5) is 0 Å². The van der Waals surface area contributed by atoms with Crippen molar-refractivity contribution in [2.45, 2.75) is 32.6 Å².